The number of benzene rings is 2. The summed E-state index contributed by atoms with van der Waals surface area (Å²) in [4.78, 5) is 14.0. The molecule has 184 valence electrons. The zero-order valence-corrected chi connectivity index (χ0v) is 20.3. The summed E-state index contributed by atoms with van der Waals surface area (Å²) in [6.07, 6.45) is 5.00. The van der Waals surface area contributed by atoms with Crippen molar-refractivity contribution in [1.82, 2.24) is 14.5 Å². The molecule has 0 saturated carbocycles. The molecule has 8 heteroatoms. The van der Waals surface area contributed by atoms with Crippen LogP contribution in [-0.4, -0.2) is 20.6 Å². The van der Waals surface area contributed by atoms with Crippen molar-refractivity contribution in [2.24, 2.45) is 4.99 Å². The molecule has 1 aliphatic heterocycles. The van der Waals surface area contributed by atoms with Crippen LogP contribution in [-0.2, 0) is 6.18 Å². The predicted octanol–water partition coefficient (Wildman–Crippen LogP) is 5.11. The van der Waals surface area contributed by atoms with Crippen LogP contribution in [0.1, 0.15) is 37.8 Å². The lowest BCUT2D eigenvalue weighted by atomic mass is 10.1. The molecule has 0 radical (unpaired) electrons. The van der Waals surface area contributed by atoms with Gasteiger partial charge in [0.15, 0.2) is 0 Å². The minimum absolute atomic E-state index is 0.0311. The van der Waals surface area contributed by atoms with Crippen molar-refractivity contribution in [2.45, 2.75) is 45.8 Å². The second-order valence-electron chi connectivity index (χ2n) is 9.20. The van der Waals surface area contributed by atoms with E-state index in [2.05, 4.69) is 22.5 Å². The first kappa shape index (κ1) is 23.8. The summed E-state index contributed by atoms with van der Waals surface area (Å²) in [6, 6.07) is 11.2. The molecule has 3 aliphatic rings. The number of fused-ring (bicyclic) bond motifs is 2. The highest BCUT2D eigenvalue weighted by Crippen LogP contribution is 2.30. The molecule has 0 amide bonds. The molecule has 1 aromatic carbocycles. The Morgan fingerprint density at radius 1 is 1.00 bits per heavy atom. The van der Waals surface area contributed by atoms with E-state index < -0.39 is 11.7 Å². The van der Waals surface area contributed by atoms with E-state index in [-0.39, 0.29) is 6.04 Å². The summed E-state index contributed by atoms with van der Waals surface area (Å²) in [5.41, 5.74) is 4.09. The van der Waals surface area contributed by atoms with Crippen LogP contribution in [0.25, 0.3) is 29.2 Å². The van der Waals surface area contributed by atoms with E-state index in [1.54, 1.807) is 12.4 Å². The Kier molecular flexibility index (Phi) is 6.12. The van der Waals surface area contributed by atoms with Crippen molar-refractivity contribution >= 4 is 23.5 Å². The summed E-state index contributed by atoms with van der Waals surface area (Å²) >= 11 is 0. The maximum absolute atomic E-state index is 13.2. The molecule has 0 saturated heterocycles. The van der Waals surface area contributed by atoms with E-state index in [0.29, 0.717) is 11.4 Å². The van der Waals surface area contributed by atoms with Gasteiger partial charge in [-0.3, -0.25) is 9.98 Å². The normalized spacial score (nSPS) is 13.9. The van der Waals surface area contributed by atoms with Crippen molar-refractivity contribution < 1.29 is 13.2 Å². The predicted molar refractivity (Wildman–Crippen MR) is 136 cm³/mol. The molecule has 5 rings (SSSR count). The van der Waals surface area contributed by atoms with Crippen molar-refractivity contribution in [2.75, 3.05) is 5.32 Å². The van der Waals surface area contributed by atoms with Crippen LogP contribution in [0.5, 0.6) is 0 Å². The molecule has 0 atom stereocenters. The van der Waals surface area contributed by atoms with Gasteiger partial charge in [0.05, 0.1) is 50.6 Å². The Morgan fingerprint density at radius 3 is 2.44 bits per heavy atom. The first-order valence-corrected chi connectivity index (χ1v) is 11.9. The van der Waals surface area contributed by atoms with Gasteiger partial charge < -0.3 is 9.88 Å². The van der Waals surface area contributed by atoms with Crippen LogP contribution in [0.3, 0.4) is 0 Å². The number of hydrogen-bond donors (Lipinski definition) is 1. The fourth-order valence-corrected chi connectivity index (χ4v) is 4.39. The van der Waals surface area contributed by atoms with Gasteiger partial charge in [-0.25, -0.2) is 4.98 Å². The van der Waals surface area contributed by atoms with Gasteiger partial charge in [0, 0.05) is 17.9 Å². The summed E-state index contributed by atoms with van der Waals surface area (Å²) in [7, 11) is 0. The van der Waals surface area contributed by atoms with E-state index in [1.165, 1.54) is 12.1 Å². The highest BCUT2D eigenvalue weighted by molar-refractivity contribution is 5.70. The number of nitrogens with zero attached hydrogens (tertiary/aromatic N) is 4. The maximum atomic E-state index is 13.2. The van der Waals surface area contributed by atoms with Crippen LogP contribution < -0.4 is 21.4 Å². The second kappa shape index (κ2) is 9.26. The van der Waals surface area contributed by atoms with Gasteiger partial charge in [0.25, 0.3) is 0 Å². The molecule has 0 spiro atoms. The third kappa shape index (κ3) is 4.76. The molecule has 0 bridgehead atoms. The van der Waals surface area contributed by atoms with E-state index in [0.717, 1.165) is 63.7 Å². The Balaban J connectivity index is 1.78. The van der Waals surface area contributed by atoms with Crippen molar-refractivity contribution in [3.8, 4) is 17.1 Å². The summed E-state index contributed by atoms with van der Waals surface area (Å²) in [6.45, 7) is 5.98. The fourth-order valence-electron chi connectivity index (χ4n) is 4.39. The minimum atomic E-state index is -4.39. The van der Waals surface area contributed by atoms with E-state index in [4.69, 9.17) is 9.98 Å². The van der Waals surface area contributed by atoms with Crippen molar-refractivity contribution in [1.29, 1.82) is 0 Å². The van der Waals surface area contributed by atoms with E-state index >= 15 is 0 Å². The lowest BCUT2D eigenvalue weighted by Crippen LogP contribution is -2.40. The number of nitrogens with one attached hydrogen (secondary N) is 1. The lowest BCUT2D eigenvalue weighted by molar-refractivity contribution is -0.137. The number of rotatable bonds is 4. The zero-order valence-electron chi connectivity index (χ0n) is 20.3. The Hall–Kier alpha value is -3.94. The van der Waals surface area contributed by atoms with Gasteiger partial charge in [-0.15, -0.1) is 0 Å². The second-order valence-corrected chi connectivity index (χ2v) is 9.20. The molecule has 36 heavy (non-hydrogen) atoms. The monoisotopic (exact) mass is 489 g/mol. The molecule has 0 fully saturated rings. The van der Waals surface area contributed by atoms with E-state index in [9.17, 15) is 13.2 Å². The molecule has 5 nitrogen and oxygen atoms in total. The Labute approximate surface area is 206 Å². The molecule has 1 aromatic heterocycles. The quantitative estimate of drug-likeness (QED) is 0.434. The third-order valence-electron chi connectivity index (χ3n) is 5.92. The number of hydrogen-bond acceptors (Lipinski definition) is 4. The average Bonchev–Trinajstić information content (AvgIpc) is 2.82. The SMILES string of the molecule is Cc1cncc(Nc2cc3nc4c(n(-c5ccc(C(F)(F)F)cc5)c-3cc2=NC(C)C)=CCCC=4)c1. The van der Waals surface area contributed by atoms with Crippen LogP contribution in [0.4, 0.5) is 24.5 Å². The molecular formula is C28H26F3N5. The van der Waals surface area contributed by atoms with E-state index in [1.807, 2.05) is 43.5 Å². The minimum Gasteiger partial charge on any atom is -0.352 e. The largest absolute Gasteiger partial charge is 0.416 e. The van der Waals surface area contributed by atoms with Gasteiger partial charge >= 0.3 is 6.18 Å². The Morgan fingerprint density at radius 2 is 1.75 bits per heavy atom. The number of halogens is 3. The first-order valence-electron chi connectivity index (χ1n) is 11.9. The standard InChI is InChI=1S/C28H26F3N5/c1-17(2)33-24-14-27-25(13-23(24)34-20-12-18(3)15-32-16-20)35-22-6-4-5-7-26(22)36(27)21-10-8-19(9-11-21)28(29,30)31/h6-17,34H,4-5H2,1-3H3. The van der Waals surface area contributed by atoms with Crippen LogP contribution >= 0.6 is 0 Å². The average molecular weight is 490 g/mol. The molecule has 0 unspecified atom stereocenters. The van der Waals surface area contributed by atoms with Gasteiger partial charge in [-0.05, 0) is 81.6 Å². The number of aromatic nitrogens is 3. The number of aryl methyl sites for hydroxylation is 1. The third-order valence-corrected chi connectivity index (χ3v) is 5.92. The van der Waals surface area contributed by atoms with Gasteiger partial charge in [-0.2, -0.15) is 13.2 Å². The zero-order chi connectivity index (χ0) is 25.4. The molecule has 2 aliphatic carbocycles. The molecule has 2 heterocycles. The van der Waals surface area contributed by atoms with Gasteiger partial charge in [0.2, 0.25) is 0 Å². The van der Waals surface area contributed by atoms with Crippen LogP contribution in [0.2, 0.25) is 0 Å². The van der Waals surface area contributed by atoms with Crippen molar-refractivity contribution in [3.05, 3.63) is 82.0 Å². The Bertz CT molecular complexity index is 1580. The van der Waals surface area contributed by atoms with Crippen LogP contribution in [0, 0.1) is 6.92 Å². The highest BCUT2D eigenvalue weighted by atomic mass is 19.4. The number of anilines is 2. The maximum Gasteiger partial charge on any atom is 0.416 e. The highest BCUT2D eigenvalue weighted by Gasteiger charge is 2.30. The summed E-state index contributed by atoms with van der Waals surface area (Å²) in [5, 5.41) is 5.84. The number of alkyl halides is 3. The number of pyridine rings is 1. The van der Waals surface area contributed by atoms with Crippen molar-refractivity contribution in [3.63, 3.8) is 0 Å². The smallest absolute Gasteiger partial charge is 0.352 e. The summed E-state index contributed by atoms with van der Waals surface area (Å²) < 4.78 is 41.6. The summed E-state index contributed by atoms with van der Waals surface area (Å²) in [5.74, 6) is 0. The molecule has 1 N–H and O–H groups in total. The topological polar surface area (TPSA) is 55.1 Å². The first-order chi connectivity index (χ1) is 17.2. The molecule has 2 aromatic rings. The van der Waals surface area contributed by atoms with Crippen LogP contribution in [0.15, 0.2) is 59.9 Å². The molecular weight excluding hydrogens is 463 g/mol. The van der Waals surface area contributed by atoms with Gasteiger partial charge in [0.1, 0.15) is 0 Å². The lowest BCUT2D eigenvalue weighted by Gasteiger charge is -2.20. The fraction of sp³-hybridized carbons (Fsp3) is 0.250. The van der Waals surface area contributed by atoms with Gasteiger partial charge in [-0.1, -0.05) is 12.2 Å².